The van der Waals surface area contributed by atoms with Crippen LogP contribution in [0.4, 0.5) is 0 Å². The fourth-order valence-corrected chi connectivity index (χ4v) is 4.70. The number of hydrogen-bond acceptors (Lipinski definition) is 7. The van der Waals surface area contributed by atoms with Crippen LogP contribution in [-0.4, -0.2) is 21.4 Å². The van der Waals surface area contributed by atoms with Crippen LogP contribution in [0.2, 0.25) is 0 Å². The predicted octanol–water partition coefficient (Wildman–Crippen LogP) is 4.35. The van der Waals surface area contributed by atoms with Gasteiger partial charge in [0, 0.05) is 16.7 Å². The Hall–Kier alpha value is -3.02. The van der Waals surface area contributed by atoms with Crippen LogP contribution in [0.15, 0.2) is 53.0 Å². The van der Waals surface area contributed by atoms with Gasteiger partial charge in [0.25, 0.3) is 0 Å². The number of thiazole rings is 1. The molecular formula is C19H12N4O2S2. The maximum absolute atomic E-state index is 9.16. The van der Waals surface area contributed by atoms with Crippen molar-refractivity contribution < 1.29 is 9.47 Å². The van der Waals surface area contributed by atoms with Crippen LogP contribution >= 0.6 is 23.1 Å². The van der Waals surface area contributed by atoms with Gasteiger partial charge in [0.15, 0.2) is 16.7 Å². The van der Waals surface area contributed by atoms with Crippen molar-refractivity contribution in [3.63, 3.8) is 0 Å². The zero-order valence-corrected chi connectivity index (χ0v) is 15.6. The van der Waals surface area contributed by atoms with Gasteiger partial charge in [-0.3, -0.25) is 4.40 Å². The Balaban J connectivity index is 1.46. The Bertz CT molecular complexity index is 1190. The fourth-order valence-electron chi connectivity index (χ4n) is 2.92. The molecule has 2 aromatic carbocycles. The highest BCUT2D eigenvalue weighted by molar-refractivity contribution is 7.98. The lowest BCUT2D eigenvalue weighted by Crippen LogP contribution is -1.93. The molecule has 0 fully saturated rings. The molecule has 6 nitrogen and oxygen atoms in total. The number of ether oxygens (including phenoxy) is 2. The maximum atomic E-state index is 9.16. The summed E-state index contributed by atoms with van der Waals surface area (Å²) in [6.45, 7) is 0.275. The van der Waals surface area contributed by atoms with Gasteiger partial charge in [0.05, 0.1) is 17.3 Å². The van der Waals surface area contributed by atoms with Crippen LogP contribution in [0.5, 0.6) is 11.5 Å². The van der Waals surface area contributed by atoms with Crippen LogP contribution < -0.4 is 9.47 Å². The quantitative estimate of drug-likeness (QED) is 0.481. The van der Waals surface area contributed by atoms with Gasteiger partial charge < -0.3 is 9.47 Å². The minimum absolute atomic E-state index is 0.275. The monoisotopic (exact) mass is 392 g/mol. The number of aromatic nitrogens is 3. The fraction of sp³-hybridized carbons (Fsp3) is 0.105. The second kappa shape index (κ2) is 6.61. The summed E-state index contributed by atoms with van der Waals surface area (Å²) in [4.78, 5) is 0.834. The summed E-state index contributed by atoms with van der Waals surface area (Å²) >= 11 is 3.15. The Labute approximate surface area is 163 Å². The zero-order valence-electron chi connectivity index (χ0n) is 14.0. The third-order valence-electron chi connectivity index (χ3n) is 4.21. The lowest BCUT2D eigenvalue weighted by atomic mass is 10.1. The van der Waals surface area contributed by atoms with E-state index in [1.54, 1.807) is 17.8 Å². The van der Waals surface area contributed by atoms with Crippen molar-refractivity contribution in [2.75, 3.05) is 6.79 Å². The van der Waals surface area contributed by atoms with Gasteiger partial charge in [-0.2, -0.15) is 5.26 Å². The minimum Gasteiger partial charge on any atom is -0.454 e. The first-order chi connectivity index (χ1) is 13.3. The average molecular weight is 392 g/mol. The molecule has 1 aliphatic heterocycles. The Morgan fingerprint density at radius 2 is 2.07 bits per heavy atom. The molecule has 8 heteroatoms. The van der Waals surface area contributed by atoms with Gasteiger partial charge in [0.2, 0.25) is 11.8 Å². The molecule has 2 aromatic heterocycles. The zero-order chi connectivity index (χ0) is 18.2. The van der Waals surface area contributed by atoms with Crippen LogP contribution in [0.3, 0.4) is 0 Å². The van der Waals surface area contributed by atoms with Crippen molar-refractivity contribution in [3.8, 4) is 28.8 Å². The second-order valence-corrected chi connectivity index (χ2v) is 7.67. The Morgan fingerprint density at radius 3 is 3.00 bits per heavy atom. The molecule has 0 unspecified atom stereocenters. The van der Waals surface area contributed by atoms with Gasteiger partial charge in [0.1, 0.15) is 0 Å². The van der Waals surface area contributed by atoms with Crippen molar-refractivity contribution in [2.24, 2.45) is 0 Å². The van der Waals surface area contributed by atoms with Crippen LogP contribution in [-0.2, 0) is 5.75 Å². The number of hydrogen-bond donors (Lipinski definition) is 0. The van der Waals surface area contributed by atoms with E-state index in [9.17, 15) is 0 Å². The first kappa shape index (κ1) is 16.2. The molecule has 0 spiro atoms. The molecule has 0 amide bonds. The molecular weight excluding hydrogens is 380 g/mol. The molecule has 5 rings (SSSR count). The molecule has 4 aromatic rings. The lowest BCUT2D eigenvalue weighted by molar-refractivity contribution is 0.174. The van der Waals surface area contributed by atoms with E-state index in [0.717, 1.165) is 44.2 Å². The van der Waals surface area contributed by atoms with Gasteiger partial charge >= 0.3 is 0 Å². The largest absolute Gasteiger partial charge is 0.454 e. The second-order valence-electron chi connectivity index (χ2n) is 5.89. The normalized spacial score (nSPS) is 12.4. The Morgan fingerprint density at radius 1 is 1.15 bits per heavy atom. The Kier molecular flexibility index (Phi) is 3.96. The summed E-state index contributed by atoms with van der Waals surface area (Å²) in [5.41, 5.74) is 3.73. The molecule has 0 aliphatic carbocycles. The molecule has 3 heterocycles. The van der Waals surface area contributed by atoms with Crippen LogP contribution in [0.25, 0.3) is 16.2 Å². The summed E-state index contributed by atoms with van der Waals surface area (Å²) in [6.07, 6.45) is 0. The van der Waals surface area contributed by atoms with E-state index < -0.39 is 0 Å². The van der Waals surface area contributed by atoms with E-state index in [-0.39, 0.29) is 6.79 Å². The highest BCUT2D eigenvalue weighted by Crippen LogP contribution is 2.35. The molecule has 132 valence electrons. The van der Waals surface area contributed by atoms with E-state index in [2.05, 4.69) is 16.3 Å². The topological polar surface area (TPSA) is 72.4 Å². The number of benzene rings is 2. The van der Waals surface area contributed by atoms with Crippen molar-refractivity contribution in [2.45, 2.75) is 10.9 Å². The minimum atomic E-state index is 0.275. The number of nitrogens with zero attached hydrogens (tertiary/aromatic N) is 4. The molecule has 0 radical (unpaired) electrons. The summed E-state index contributed by atoms with van der Waals surface area (Å²) in [5.74, 6) is 2.31. The summed E-state index contributed by atoms with van der Waals surface area (Å²) in [6, 6.07) is 15.7. The summed E-state index contributed by atoms with van der Waals surface area (Å²) in [5, 5.41) is 20.6. The van der Waals surface area contributed by atoms with Gasteiger partial charge in [-0.25, -0.2) is 0 Å². The molecule has 0 saturated heterocycles. The van der Waals surface area contributed by atoms with Crippen LogP contribution in [0, 0.1) is 11.3 Å². The van der Waals surface area contributed by atoms with Crippen molar-refractivity contribution in [3.05, 3.63) is 59.0 Å². The summed E-state index contributed by atoms with van der Waals surface area (Å²) in [7, 11) is 0. The molecule has 1 aliphatic rings. The number of fused-ring (bicyclic) bond motifs is 2. The number of nitriles is 1. The van der Waals surface area contributed by atoms with E-state index in [1.807, 2.05) is 46.2 Å². The maximum Gasteiger partial charge on any atom is 0.231 e. The SMILES string of the molecule is N#Cc1cccc(-c2csc3nnc(SCc4ccc5c(c4)OCO5)n23)c1. The van der Waals surface area contributed by atoms with Crippen LogP contribution in [0.1, 0.15) is 11.1 Å². The first-order valence-electron chi connectivity index (χ1n) is 8.16. The van der Waals surface area contributed by atoms with E-state index in [4.69, 9.17) is 14.7 Å². The smallest absolute Gasteiger partial charge is 0.231 e. The van der Waals surface area contributed by atoms with Crippen molar-refractivity contribution in [1.82, 2.24) is 14.6 Å². The predicted molar refractivity (Wildman–Crippen MR) is 103 cm³/mol. The molecule has 0 N–H and O–H groups in total. The highest BCUT2D eigenvalue weighted by Gasteiger charge is 2.16. The average Bonchev–Trinajstić information content (AvgIpc) is 3.42. The highest BCUT2D eigenvalue weighted by atomic mass is 32.2. The van der Waals surface area contributed by atoms with E-state index in [1.165, 1.54) is 11.3 Å². The molecule has 0 bridgehead atoms. The first-order valence-corrected chi connectivity index (χ1v) is 10.0. The summed E-state index contributed by atoms with van der Waals surface area (Å²) < 4.78 is 12.8. The molecule has 0 saturated carbocycles. The molecule has 0 atom stereocenters. The standard InChI is InChI=1S/C19H12N4O2S2/c20-8-12-2-1-3-14(6-12)15-10-27-19-22-21-18(23(15)19)26-9-13-4-5-16-17(7-13)25-11-24-16/h1-7,10H,9,11H2. The van der Waals surface area contributed by atoms with E-state index >= 15 is 0 Å². The van der Waals surface area contributed by atoms with Gasteiger partial charge in [-0.15, -0.1) is 21.5 Å². The number of rotatable bonds is 4. The third kappa shape index (κ3) is 2.91. The van der Waals surface area contributed by atoms with Crippen molar-refractivity contribution >= 4 is 28.1 Å². The lowest BCUT2D eigenvalue weighted by Gasteiger charge is -2.04. The van der Waals surface area contributed by atoms with Gasteiger partial charge in [-0.05, 0) is 29.8 Å². The van der Waals surface area contributed by atoms with E-state index in [0.29, 0.717) is 5.56 Å². The van der Waals surface area contributed by atoms with Gasteiger partial charge in [-0.1, -0.05) is 30.0 Å². The van der Waals surface area contributed by atoms with Crippen molar-refractivity contribution in [1.29, 1.82) is 5.26 Å². The third-order valence-corrected chi connectivity index (χ3v) is 6.03. The molecule has 27 heavy (non-hydrogen) atoms. The number of thioether (sulfide) groups is 1.